The highest BCUT2D eigenvalue weighted by Gasteiger charge is 2.34. The Morgan fingerprint density at radius 1 is 1.29 bits per heavy atom. The Kier molecular flexibility index (Phi) is 5.42. The number of nitrogens with two attached hydrogens (primary N) is 1. The van der Waals surface area contributed by atoms with E-state index < -0.39 is 0 Å². The summed E-state index contributed by atoms with van der Waals surface area (Å²) in [6.45, 7) is 9.98. The van der Waals surface area contributed by atoms with Crippen LogP contribution < -0.4 is 5.73 Å². The SMILES string of the molecule is CC1CCCCCN1C(CO)C(N)C(C)(C)C. The van der Waals surface area contributed by atoms with Crippen LogP contribution in [0.4, 0.5) is 0 Å². The molecule has 0 aromatic heterocycles. The molecule has 3 unspecified atom stereocenters. The third-order valence-corrected chi connectivity index (χ3v) is 4.13. The number of nitrogens with zero attached hydrogens (tertiary/aromatic N) is 1. The summed E-state index contributed by atoms with van der Waals surface area (Å²) in [4.78, 5) is 2.43. The average molecular weight is 242 g/mol. The minimum absolute atomic E-state index is 0.0213. The van der Waals surface area contributed by atoms with Gasteiger partial charge in [0.25, 0.3) is 0 Å². The maximum atomic E-state index is 9.70. The van der Waals surface area contributed by atoms with Crippen molar-refractivity contribution in [2.45, 2.75) is 71.5 Å². The monoisotopic (exact) mass is 242 g/mol. The van der Waals surface area contributed by atoms with Crippen molar-refractivity contribution >= 4 is 0 Å². The standard InChI is InChI=1S/C14H30N2O/c1-11-8-6-5-7-9-16(11)12(10-17)13(15)14(2,3)4/h11-13,17H,5-10,15H2,1-4H3. The highest BCUT2D eigenvalue weighted by molar-refractivity contribution is 4.92. The third kappa shape index (κ3) is 3.94. The lowest BCUT2D eigenvalue weighted by Gasteiger charge is -2.42. The predicted octanol–water partition coefficient (Wildman–Crippen LogP) is 1.99. The number of hydrogen-bond donors (Lipinski definition) is 2. The third-order valence-electron chi connectivity index (χ3n) is 4.13. The van der Waals surface area contributed by atoms with Crippen molar-refractivity contribution < 1.29 is 5.11 Å². The molecule has 3 heteroatoms. The summed E-state index contributed by atoms with van der Waals surface area (Å²) >= 11 is 0. The fraction of sp³-hybridized carbons (Fsp3) is 1.00. The number of aliphatic hydroxyl groups is 1. The van der Waals surface area contributed by atoms with E-state index >= 15 is 0 Å². The molecular weight excluding hydrogens is 212 g/mol. The first-order valence-corrected chi connectivity index (χ1v) is 7.00. The second-order valence-electron chi connectivity index (χ2n) is 6.58. The molecule has 17 heavy (non-hydrogen) atoms. The predicted molar refractivity (Wildman–Crippen MR) is 72.9 cm³/mol. The first-order valence-electron chi connectivity index (χ1n) is 7.00. The first-order chi connectivity index (χ1) is 7.88. The van der Waals surface area contributed by atoms with Crippen LogP contribution in [0.1, 0.15) is 53.4 Å². The molecular formula is C14H30N2O. The Morgan fingerprint density at radius 3 is 2.47 bits per heavy atom. The molecule has 0 aromatic carbocycles. The molecule has 0 aliphatic carbocycles. The fourth-order valence-corrected chi connectivity index (χ4v) is 2.79. The van der Waals surface area contributed by atoms with Gasteiger partial charge in [0, 0.05) is 18.1 Å². The summed E-state index contributed by atoms with van der Waals surface area (Å²) in [5.41, 5.74) is 6.39. The summed E-state index contributed by atoms with van der Waals surface area (Å²) in [6, 6.07) is 0.666. The van der Waals surface area contributed by atoms with Crippen LogP contribution in [-0.2, 0) is 0 Å². The van der Waals surface area contributed by atoms with Crippen LogP contribution >= 0.6 is 0 Å². The molecule has 1 saturated heterocycles. The Balaban J connectivity index is 2.77. The lowest BCUT2D eigenvalue weighted by atomic mass is 9.82. The highest BCUT2D eigenvalue weighted by Crippen LogP contribution is 2.26. The Hall–Kier alpha value is -0.120. The molecule has 3 N–H and O–H groups in total. The minimum Gasteiger partial charge on any atom is -0.395 e. The van der Waals surface area contributed by atoms with Gasteiger partial charge < -0.3 is 10.8 Å². The van der Waals surface area contributed by atoms with Crippen molar-refractivity contribution in [3.63, 3.8) is 0 Å². The van der Waals surface area contributed by atoms with Crippen molar-refractivity contribution in [2.75, 3.05) is 13.2 Å². The van der Waals surface area contributed by atoms with Gasteiger partial charge in [0.1, 0.15) is 0 Å². The summed E-state index contributed by atoms with van der Waals surface area (Å²) in [5.74, 6) is 0. The minimum atomic E-state index is 0.0213. The van der Waals surface area contributed by atoms with Crippen LogP contribution in [0.15, 0.2) is 0 Å². The summed E-state index contributed by atoms with van der Waals surface area (Å²) in [6.07, 6.45) is 5.08. The van der Waals surface area contributed by atoms with Gasteiger partial charge in [-0.1, -0.05) is 33.6 Å². The van der Waals surface area contributed by atoms with Crippen molar-refractivity contribution in [3.8, 4) is 0 Å². The molecule has 0 bridgehead atoms. The molecule has 0 radical (unpaired) electrons. The zero-order valence-corrected chi connectivity index (χ0v) is 11.9. The molecule has 1 fully saturated rings. The Bertz CT molecular complexity index is 225. The van der Waals surface area contributed by atoms with Gasteiger partial charge in [-0.25, -0.2) is 0 Å². The van der Waals surface area contributed by atoms with Crippen LogP contribution in [0.2, 0.25) is 0 Å². The molecule has 1 aliphatic heterocycles. The van der Waals surface area contributed by atoms with Crippen LogP contribution in [0.5, 0.6) is 0 Å². The van der Waals surface area contributed by atoms with Gasteiger partial charge >= 0.3 is 0 Å². The lowest BCUT2D eigenvalue weighted by Crippen LogP contribution is -2.57. The Morgan fingerprint density at radius 2 is 1.94 bits per heavy atom. The second kappa shape index (κ2) is 6.17. The molecule has 1 aliphatic rings. The molecule has 3 nitrogen and oxygen atoms in total. The highest BCUT2D eigenvalue weighted by atomic mass is 16.3. The van der Waals surface area contributed by atoms with Gasteiger partial charge in [-0.05, 0) is 31.7 Å². The molecule has 0 saturated carbocycles. The van der Waals surface area contributed by atoms with E-state index in [4.69, 9.17) is 5.73 Å². The summed E-state index contributed by atoms with van der Waals surface area (Å²) in [7, 11) is 0. The van der Waals surface area contributed by atoms with Crippen molar-refractivity contribution in [1.29, 1.82) is 0 Å². The van der Waals surface area contributed by atoms with Gasteiger partial charge in [0.2, 0.25) is 0 Å². The van der Waals surface area contributed by atoms with Crippen LogP contribution in [0.3, 0.4) is 0 Å². The zero-order valence-electron chi connectivity index (χ0n) is 11.9. The van der Waals surface area contributed by atoms with Gasteiger partial charge in [0.05, 0.1) is 6.61 Å². The maximum Gasteiger partial charge on any atom is 0.0602 e. The van der Waals surface area contributed by atoms with Crippen molar-refractivity contribution in [2.24, 2.45) is 11.1 Å². The quantitative estimate of drug-likeness (QED) is 0.795. The van der Waals surface area contributed by atoms with Crippen LogP contribution in [0, 0.1) is 5.41 Å². The molecule has 1 heterocycles. The van der Waals surface area contributed by atoms with E-state index in [-0.39, 0.29) is 24.1 Å². The normalized spacial score (nSPS) is 27.5. The van der Waals surface area contributed by atoms with Gasteiger partial charge in [0.15, 0.2) is 0 Å². The van der Waals surface area contributed by atoms with Crippen molar-refractivity contribution in [3.05, 3.63) is 0 Å². The molecule has 0 aromatic rings. The first kappa shape index (κ1) is 14.9. The summed E-state index contributed by atoms with van der Waals surface area (Å²) in [5, 5.41) is 9.70. The molecule has 1 rings (SSSR count). The number of rotatable bonds is 3. The van der Waals surface area contributed by atoms with Gasteiger partial charge in [-0.2, -0.15) is 0 Å². The van der Waals surface area contributed by atoms with Crippen LogP contribution in [0.25, 0.3) is 0 Å². The van der Waals surface area contributed by atoms with E-state index in [0.717, 1.165) is 6.54 Å². The van der Waals surface area contributed by atoms with E-state index in [9.17, 15) is 5.11 Å². The average Bonchev–Trinajstić information content (AvgIpc) is 2.44. The fourth-order valence-electron chi connectivity index (χ4n) is 2.79. The number of likely N-dealkylation sites (tertiary alicyclic amines) is 1. The second-order valence-corrected chi connectivity index (χ2v) is 6.58. The van der Waals surface area contributed by atoms with E-state index in [1.54, 1.807) is 0 Å². The maximum absolute atomic E-state index is 9.70. The van der Waals surface area contributed by atoms with Gasteiger partial charge in [-0.3, -0.25) is 4.90 Å². The van der Waals surface area contributed by atoms with E-state index in [1.165, 1.54) is 25.7 Å². The Labute approximate surface area is 106 Å². The van der Waals surface area contributed by atoms with Crippen molar-refractivity contribution in [1.82, 2.24) is 4.90 Å². The molecule has 0 spiro atoms. The summed E-state index contributed by atoms with van der Waals surface area (Å²) < 4.78 is 0. The topological polar surface area (TPSA) is 49.5 Å². The largest absolute Gasteiger partial charge is 0.395 e. The number of hydrogen-bond acceptors (Lipinski definition) is 3. The van der Waals surface area contributed by atoms with E-state index in [2.05, 4.69) is 32.6 Å². The smallest absolute Gasteiger partial charge is 0.0602 e. The number of aliphatic hydroxyl groups excluding tert-OH is 1. The molecule has 0 amide bonds. The lowest BCUT2D eigenvalue weighted by molar-refractivity contribution is 0.0471. The molecule has 3 atom stereocenters. The van der Waals surface area contributed by atoms with E-state index in [0.29, 0.717) is 6.04 Å². The van der Waals surface area contributed by atoms with Crippen LogP contribution in [-0.4, -0.2) is 41.3 Å². The van der Waals surface area contributed by atoms with Gasteiger partial charge in [-0.15, -0.1) is 0 Å². The van der Waals surface area contributed by atoms with E-state index in [1.807, 2.05) is 0 Å². The zero-order chi connectivity index (χ0) is 13.1. The molecule has 102 valence electrons.